The third-order valence-electron chi connectivity index (χ3n) is 3.73. The van der Waals surface area contributed by atoms with Gasteiger partial charge in [0.25, 0.3) is 0 Å². The maximum Gasteiger partial charge on any atom is 0.243 e. The van der Waals surface area contributed by atoms with Crippen LogP contribution in [0.4, 0.5) is 0 Å². The minimum Gasteiger partial charge on any atom is -0.370 e. The van der Waals surface area contributed by atoms with Crippen molar-refractivity contribution in [3.63, 3.8) is 0 Å². The molecule has 8 heteroatoms. The molecule has 0 saturated carbocycles. The van der Waals surface area contributed by atoms with Gasteiger partial charge in [0.15, 0.2) is 5.96 Å². The van der Waals surface area contributed by atoms with E-state index in [2.05, 4.69) is 4.99 Å². The van der Waals surface area contributed by atoms with E-state index in [4.69, 9.17) is 5.73 Å². The molecule has 1 aromatic rings. The number of aliphatic imine (C=N–C) groups is 1. The van der Waals surface area contributed by atoms with Gasteiger partial charge >= 0.3 is 0 Å². The summed E-state index contributed by atoms with van der Waals surface area (Å²) in [5, 5.41) is 0. The van der Waals surface area contributed by atoms with Crippen molar-refractivity contribution in [2.24, 2.45) is 10.7 Å². The first kappa shape index (κ1) is 20.2. The highest BCUT2D eigenvalue weighted by Gasteiger charge is 2.25. The number of sulfonamides is 1. The number of halogens is 1. The molecule has 23 heavy (non-hydrogen) atoms. The molecule has 0 unspecified atom stereocenters. The molecule has 0 atom stereocenters. The number of nitrogens with two attached hydrogens (primary N) is 1. The van der Waals surface area contributed by atoms with Crippen LogP contribution >= 0.6 is 24.0 Å². The monoisotopic (exact) mass is 452 g/mol. The Morgan fingerprint density at radius 2 is 1.91 bits per heavy atom. The van der Waals surface area contributed by atoms with Gasteiger partial charge in [0.2, 0.25) is 10.0 Å². The average Bonchev–Trinajstić information content (AvgIpc) is 2.53. The van der Waals surface area contributed by atoms with E-state index in [0.29, 0.717) is 30.5 Å². The highest BCUT2D eigenvalue weighted by Crippen LogP contribution is 2.21. The molecule has 0 radical (unpaired) electrons. The summed E-state index contributed by atoms with van der Waals surface area (Å²) in [7, 11) is 0.235. The number of rotatable bonds is 4. The molecule has 6 nitrogen and oxygen atoms in total. The van der Waals surface area contributed by atoms with Gasteiger partial charge in [-0.25, -0.2) is 13.4 Å². The number of hydrogen-bond donors (Lipinski definition) is 1. The molecule has 1 aromatic carbocycles. The van der Waals surface area contributed by atoms with E-state index in [1.165, 1.54) is 0 Å². The van der Waals surface area contributed by atoms with E-state index in [-0.39, 0.29) is 24.0 Å². The van der Waals surface area contributed by atoms with Crippen LogP contribution in [0.1, 0.15) is 24.8 Å². The minimum absolute atomic E-state index is 0. The van der Waals surface area contributed by atoms with Crippen molar-refractivity contribution in [3.8, 4) is 0 Å². The largest absolute Gasteiger partial charge is 0.370 e. The zero-order chi connectivity index (χ0) is 16.2. The van der Waals surface area contributed by atoms with Gasteiger partial charge in [0, 0.05) is 27.2 Å². The standard InChI is InChI=1S/C15H24N4O2S.HI/c1-18(2)15(16)17-12-13-7-6-8-14(11-13)22(20,21)19-9-4-3-5-10-19;/h6-8,11H,3-5,9-10,12H2,1-2H3,(H2,16,17);1H. The molecule has 2 rings (SSSR count). The lowest BCUT2D eigenvalue weighted by Crippen LogP contribution is -2.35. The molecule has 0 aliphatic carbocycles. The molecule has 0 amide bonds. The van der Waals surface area contributed by atoms with Gasteiger partial charge in [-0.2, -0.15) is 4.31 Å². The van der Waals surface area contributed by atoms with Gasteiger partial charge in [-0.05, 0) is 30.5 Å². The van der Waals surface area contributed by atoms with E-state index >= 15 is 0 Å². The predicted octanol–water partition coefficient (Wildman–Crippen LogP) is 1.86. The fourth-order valence-electron chi connectivity index (χ4n) is 2.37. The molecular formula is C15H25IN4O2S. The summed E-state index contributed by atoms with van der Waals surface area (Å²) in [5.74, 6) is 0.421. The second-order valence-electron chi connectivity index (χ2n) is 5.68. The molecule has 1 aliphatic heterocycles. The second-order valence-corrected chi connectivity index (χ2v) is 7.62. The smallest absolute Gasteiger partial charge is 0.243 e. The molecular weight excluding hydrogens is 427 g/mol. The minimum atomic E-state index is -3.40. The first-order valence-electron chi connectivity index (χ1n) is 7.47. The van der Waals surface area contributed by atoms with Crippen LogP contribution < -0.4 is 5.73 Å². The molecule has 130 valence electrons. The van der Waals surface area contributed by atoms with Gasteiger partial charge in [-0.1, -0.05) is 18.6 Å². The van der Waals surface area contributed by atoms with E-state index in [1.54, 1.807) is 27.4 Å². The summed E-state index contributed by atoms with van der Waals surface area (Å²) in [6.07, 6.45) is 2.97. The van der Waals surface area contributed by atoms with Crippen LogP contribution in [-0.4, -0.2) is 50.8 Å². The van der Waals surface area contributed by atoms with Crippen LogP contribution in [0.15, 0.2) is 34.2 Å². The van der Waals surface area contributed by atoms with Gasteiger partial charge in [0.05, 0.1) is 11.4 Å². The third kappa shape index (κ3) is 5.32. The topological polar surface area (TPSA) is 79.0 Å². The normalized spacial score (nSPS) is 16.7. The quantitative estimate of drug-likeness (QED) is 0.430. The Kier molecular flexibility index (Phi) is 7.75. The summed E-state index contributed by atoms with van der Waals surface area (Å²) in [6, 6.07) is 6.96. The summed E-state index contributed by atoms with van der Waals surface area (Å²) in [5.41, 5.74) is 6.59. The number of nitrogens with zero attached hydrogens (tertiary/aromatic N) is 3. The van der Waals surface area contributed by atoms with Crippen molar-refractivity contribution < 1.29 is 8.42 Å². The molecule has 1 saturated heterocycles. The second kappa shape index (κ2) is 8.84. The predicted molar refractivity (Wildman–Crippen MR) is 103 cm³/mol. The van der Waals surface area contributed by atoms with E-state index in [1.807, 2.05) is 20.2 Å². The van der Waals surface area contributed by atoms with Gasteiger partial charge in [-0.15, -0.1) is 24.0 Å². The van der Waals surface area contributed by atoms with Crippen molar-refractivity contribution >= 4 is 40.0 Å². The van der Waals surface area contributed by atoms with Crippen molar-refractivity contribution in [3.05, 3.63) is 29.8 Å². The Hall–Kier alpha value is -0.870. The molecule has 0 bridgehead atoms. The SMILES string of the molecule is CN(C)C(N)=NCc1cccc(S(=O)(=O)N2CCCCC2)c1.I. The van der Waals surface area contributed by atoms with Crippen LogP contribution in [0.25, 0.3) is 0 Å². The fourth-order valence-corrected chi connectivity index (χ4v) is 3.96. The van der Waals surface area contributed by atoms with Crippen molar-refractivity contribution in [1.82, 2.24) is 9.21 Å². The van der Waals surface area contributed by atoms with Crippen molar-refractivity contribution in [1.29, 1.82) is 0 Å². The highest BCUT2D eigenvalue weighted by molar-refractivity contribution is 14.0. The summed E-state index contributed by atoms with van der Waals surface area (Å²) < 4.78 is 26.9. The Balaban J connectivity index is 0.00000264. The van der Waals surface area contributed by atoms with Crippen LogP contribution in [0.2, 0.25) is 0 Å². The van der Waals surface area contributed by atoms with Crippen LogP contribution in [0.5, 0.6) is 0 Å². The van der Waals surface area contributed by atoms with E-state index in [0.717, 1.165) is 24.8 Å². The lowest BCUT2D eigenvalue weighted by Gasteiger charge is -2.26. The van der Waals surface area contributed by atoms with Gasteiger partial charge < -0.3 is 10.6 Å². The molecule has 1 heterocycles. The maximum absolute atomic E-state index is 12.6. The Bertz CT molecular complexity index is 641. The lowest BCUT2D eigenvalue weighted by atomic mass is 10.2. The molecule has 2 N–H and O–H groups in total. The Morgan fingerprint density at radius 1 is 1.26 bits per heavy atom. The molecule has 1 fully saturated rings. The zero-order valence-corrected chi connectivity index (χ0v) is 16.8. The Morgan fingerprint density at radius 3 is 2.52 bits per heavy atom. The van der Waals surface area contributed by atoms with E-state index in [9.17, 15) is 8.42 Å². The van der Waals surface area contributed by atoms with Crippen molar-refractivity contribution in [2.45, 2.75) is 30.7 Å². The zero-order valence-electron chi connectivity index (χ0n) is 13.6. The number of piperidine rings is 1. The molecule has 0 aromatic heterocycles. The number of benzene rings is 1. The number of guanidine groups is 1. The summed E-state index contributed by atoms with van der Waals surface area (Å²) in [6.45, 7) is 1.59. The first-order chi connectivity index (χ1) is 10.4. The maximum atomic E-state index is 12.6. The number of hydrogen-bond acceptors (Lipinski definition) is 3. The first-order valence-corrected chi connectivity index (χ1v) is 8.91. The molecule has 1 aliphatic rings. The lowest BCUT2D eigenvalue weighted by molar-refractivity contribution is 0.346. The molecule has 0 spiro atoms. The average molecular weight is 452 g/mol. The van der Waals surface area contributed by atoms with Crippen molar-refractivity contribution in [2.75, 3.05) is 27.2 Å². The third-order valence-corrected chi connectivity index (χ3v) is 5.63. The fraction of sp³-hybridized carbons (Fsp3) is 0.533. The van der Waals surface area contributed by atoms with E-state index < -0.39 is 10.0 Å². The van der Waals surface area contributed by atoms with Crippen LogP contribution in [0, 0.1) is 0 Å². The van der Waals surface area contributed by atoms with Gasteiger partial charge in [-0.3, -0.25) is 0 Å². The summed E-state index contributed by atoms with van der Waals surface area (Å²) in [4.78, 5) is 6.30. The van der Waals surface area contributed by atoms with Crippen LogP contribution in [0.3, 0.4) is 0 Å². The Labute approximate surface area is 155 Å². The van der Waals surface area contributed by atoms with Gasteiger partial charge in [0.1, 0.15) is 0 Å². The highest BCUT2D eigenvalue weighted by atomic mass is 127. The summed E-state index contributed by atoms with van der Waals surface area (Å²) >= 11 is 0. The van der Waals surface area contributed by atoms with Crippen LogP contribution in [-0.2, 0) is 16.6 Å².